The standard InChI is InChI=1S/C27H45N3O5S/c1-20-17-25(34-6)18-21(2)27(20)36(32,33)29(4)15-16-35-19-26(31)30(5)24-9-7-22(8-10-24)13-14-28(3)23-11-12-23/h17-18,22-24H,7-16,19H2,1-6H3/t22-,24+. The van der Waals surface area contributed by atoms with E-state index in [-0.39, 0.29) is 36.6 Å². The minimum Gasteiger partial charge on any atom is -0.497 e. The zero-order valence-corrected chi connectivity index (χ0v) is 23.8. The second-order valence-corrected chi connectivity index (χ2v) is 12.6. The molecule has 2 aliphatic rings. The largest absolute Gasteiger partial charge is 0.497 e. The first-order valence-electron chi connectivity index (χ1n) is 13.2. The number of ether oxygens (including phenoxy) is 2. The Hall–Kier alpha value is -1.68. The normalized spacial score (nSPS) is 20.7. The minimum atomic E-state index is -3.68. The van der Waals surface area contributed by atoms with Crippen molar-refractivity contribution >= 4 is 15.9 Å². The zero-order chi connectivity index (χ0) is 26.5. The maximum absolute atomic E-state index is 13.1. The van der Waals surface area contributed by atoms with Crippen LogP contribution in [-0.2, 0) is 19.6 Å². The molecule has 3 rings (SSSR count). The summed E-state index contributed by atoms with van der Waals surface area (Å²) >= 11 is 0. The lowest BCUT2D eigenvalue weighted by atomic mass is 9.83. The summed E-state index contributed by atoms with van der Waals surface area (Å²) in [5, 5.41) is 0. The van der Waals surface area contributed by atoms with E-state index in [0.717, 1.165) is 24.8 Å². The van der Waals surface area contributed by atoms with Gasteiger partial charge in [-0.3, -0.25) is 4.79 Å². The monoisotopic (exact) mass is 523 g/mol. The second-order valence-electron chi connectivity index (χ2n) is 10.6. The van der Waals surface area contributed by atoms with Crippen molar-refractivity contribution < 1.29 is 22.7 Å². The highest BCUT2D eigenvalue weighted by Gasteiger charge is 2.29. The Morgan fingerprint density at radius 2 is 1.53 bits per heavy atom. The number of methoxy groups -OCH3 is 1. The Bertz CT molecular complexity index is 964. The molecule has 2 aliphatic carbocycles. The van der Waals surface area contributed by atoms with Crippen LogP contribution in [0.2, 0.25) is 0 Å². The third-order valence-electron chi connectivity index (χ3n) is 7.93. The number of hydrogen-bond acceptors (Lipinski definition) is 6. The van der Waals surface area contributed by atoms with E-state index in [4.69, 9.17) is 9.47 Å². The predicted molar refractivity (Wildman–Crippen MR) is 142 cm³/mol. The summed E-state index contributed by atoms with van der Waals surface area (Å²) in [6, 6.07) is 4.53. The summed E-state index contributed by atoms with van der Waals surface area (Å²) in [5.74, 6) is 1.35. The molecule has 36 heavy (non-hydrogen) atoms. The molecule has 1 aromatic carbocycles. The number of carbonyl (C=O) groups excluding carboxylic acids is 1. The predicted octanol–water partition coefficient (Wildman–Crippen LogP) is 3.45. The molecule has 1 aromatic rings. The van der Waals surface area contributed by atoms with E-state index >= 15 is 0 Å². The molecule has 0 atom stereocenters. The molecule has 2 saturated carbocycles. The number of sulfonamides is 1. The molecule has 0 saturated heterocycles. The summed E-state index contributed by atoms with van der Waals surface area (Å²) in [6.45, 7) is 5.01. The Morgan fingerprint density at radius 1 is 0.944 bits per heavy atom. The van der Waals surface area contributed by atoms with Crippen molar-refractivity contribution in [1.82, 2.24) is 14.1 Å². The summed E-state index contributed by atoms with van der Waals surface area (Å²) in [7, 11) is 3.53. The van der Waals surface area contributed by atoms with Gasteiger partial charge in [-0.05, 0) is 102 Å². The molecule has 0 aliphatic heterocycles. The molecule has 2 fully saturated rings. The Labute approximate surface area is 218 Å². The van der Waals surface area contributed by atoms with Crippen LogP contribution in [0.5, 0.6) is 5.75 Å². The maximum atomic E-state index is 13.1. The molecule has 9 heteroatoms. The van der Waals surface area contributed by atoms with Crippen molar-refractivity contribution in [2.45, 2.75) is 75.8 Å². The number of carbonyl (C=O) groups is 1. The van der Waals surface area contributed by atoms with E-state index in [0.29, 0.717) is 16.9 Å². The summed E-state index contributed by atoms with van der Waals surface area (Å²) in [4.78, 5) is 17.3. The van der Waals surface area contributed by atoms with Gasteiger partial charge in [-0.15, -0.1) is 0 Å². The van der Waals surface area contributed by atoms with Gasteiger partial charge in [0.25, 0.3) is 0 Å². The molecule has 204 valence electrons. The highest BCUT2D eigenvalue weighted by Crippen LogP contribution is 2.31. The van der Waals surface area contributed by atoms with Gasteiger partial charge in [-0.2, -0.15) is 4.31 Å². The quantitative estimate of drug-likeness (QED) is 0.369. The SMILES string of the molecule is COc1cc(C)c(S(=O)(=O)N(C)CCOCC(=O)N(C)[C@H]2CC[C@@H](CCN(C)C3CC3)CC2)c(C)c1. The highest BCUT2D eigenvalue weighted by molar-refractivity contribution is 7.89. The van der Waals surface area contributed by atoms with Crippen LogP contribution < -0.4 is 4.74 Å². The molecule has 0 spiro atoms. The van der Waals surface area contributed by atoms with Crippen LogP contribution in [-0.4, -0.2) is 95.1 Å². The third kappa shape index (κ3) is 7.43. The van der Waals surface area contributed by atoms with Crippen molar-refractivity contribution in [3.05, 3.63) is 23.3 Å². The fraction of sp³-hybridized carbons (Fsp3) is 0.741. The average molecular weight is 524 g/mol. The van der Waals surface area contributed by atoms with Crippen molar-refractivity contribution in [3.8, 4) is 5.75 Å². The van der Waals surface area contributed by atoms with Crippen LogP contribution in [0.25, 0.3) is 0 Å². The topological polar surface area (TPSA) is 79.4 Å². The molecular formula is C27H45N3O5S. The smallest absolute Gasteiger partial charge is 0.248 e. The fourth-order valence-electron chi connectivity index (χ4n) is 5.27. The number of rotatable bonds is 13. The summed E-state index contributed by atoms with van der Waals surface area (Å²) < 4.78 is 38.3. The Morgan fingerprint density at radius 3 is 2.08 bits per heavy atom. The lowest BCUT2D eigenvalue weighted by Crippen LogP contribution is -2.42. The van der Waals surface area contributed by atoms with Crippen molar-refractivity contribution in [3.63, 3.8) is 0 Å². The molecule has 0 radical (unpaired) electrons. The van der Waals surface area contributed by atoms with Gasteiger partial charge >= 0.3 is 0 Å². The van der Waals surface area contributed by atoms with E-state index in [1.54, 1.807) is 33.1 Å². The lowest BCUT2D eigenvalue weighted by molar-refractivity contribution is -0.137. The zero-order valence-electron chi connectivity index (χ0n) is 23.0. The van der Waals surface area contributed by atoms with Gasteiger partial charge in [0.05, 0.1) is 18.6 Å². The second kappa shape index (κ2) is 12.7. The van der Waals surface area contributed by atoms with Gasteiger partial charge in [0.15, 0.2) is 0 Å². The van der Waals surface area contributed by atoms with Gasteiger partial charge in [0.1, 0.15) is 12.4 Å². The molecule has 8 nitrogen and oxygen atoms in total. The van der Waals surface area contributed by atoms with Crippen LogP contribution in [0.3, 0.4) is 0 Å². The third-order valence-corrected chi connectivity index (χ3v) is 10.1. The number of amides is 1. The molecular weight excluding hydrogens is 478 g/mol. The number of hydrogen-bond donors (Lipinski definition) is 0. The molecule has 0 aromatic heterocycles. The van der Waals surface area contributed by atoms with Crippen molar-refractivity contribution in [2.24, 2.45) is 5.92 Å². The highest BCUT2D eigenvalue weighted by atomic mass is 32.2. The first kappa shape index (κ1) is 28.9. The van der Waals surface area contributed by atoms with Gasteiger partial charge in [-0.1, -0.05) is 0 Å². The van der Waals surface area contributed by atoms with Crippen LogP contribution in [0.15, 0.2) is 17.0 Å². The lowest BCUT2D eigenvalue weighted by Gasteiger charge is -2.35. The van der Waals surface area contributed by atoms with Crippen LogP contribution >= 0.6 is 0 Å². The van der Waals surface area contributed by atoms with Crippen molar-refractivity contribution in [2.75, 3.05) is 54.6 Å². The maximum Gasteiger partial charge on any atom is 0.248 e. The minimum absolute atomic E-state index is 0.0307. The van der Waals surface area contributed by atoms with Crippen LogP contribution in [0.4, 0.5) is 0 Å². The van der Waals surface area contributed by atoms with E-state index in [1.165, 1.54) is 50.0 Å². The molecule has 0 N–H and O–H groups in total. The first-order valence-corrected chi connectivity index (χ1v) is 14.6. The number of nitrogens with zero attached hydrogens (tertiary/aromatic N) is 3. The summed E-state index contributed by atoms with van der Waals surface area (Å²) in [5.41, 5.74) is 1.28. The Balaban J connectivity index is 1.38. The molecule has 1 amide bonds. The molecule has 0 bridgehead atoms. The van der Waals surface area contributed by atoms with Crippen molar-refractivity contribution in [1.29, 1.82) is 0 Å². The molecule has 0 unspecified atom stereocenters. The van der Waals surface area contributed by atoms with E-state index in [9.17, 15) is 13.2 Å². The number of likely N-dealkylation sites (N-methyl/N-ethyl adjacent to an activating group) is 2. The van der Waals surface area contributed by atoms with E-state index in [2.05, 4.69) is 11.9 Å². The summed E-state index contributed by atoms with van der Waals surface area (Å²) in [6.07, 6.45) is 8.40. The van der Waals surface area contributed by atoms with Crippen LogP contribution in [0, 0.1) is 19.8 Å². The van der Waals surface area contributed by atoms with Gasteiger partial charge in [-0.25, -0.2) is 8.42 Å². The van der Waals surface area contributed by atoms with E-state index < -0.39 is 10.0 Å². The number of benzene rings is 1. The first-order chi connectivity index (χ1) is 17.0. The van der Waals surface area contributed by atoms with Crippen LogP contribution in [0.1, 0.15) is 56.1 Å². The average Bonchev–Trinajstić information content (AvgIpc) is 3.69. The van der Waals surface area contributed by atoms with Gasteiger partial charge in [0, 0.05) is 32.7 Å². The Kier molecular flexibility index (Phi) is 10.2. The fourth-order valence-corrected chi connectivity index (χ4v) is 6.83. The number of aryl methyl sites for hydroxylation is 2. The van der Waals surface area contributed by atoms with Gasteiger partial charge < -0.3 is 19.3 Å². The van der Waals surface area contributed by atoms with E-state index in [1.807, 2.05) is 11.9 Å². The molecule has 0 heterocycles. The van der Waals surface area contributed by atoms with Gasteiger partial charge in [0.2, 0.25) is 15.9 Å².